The third kappa shape index (κ3) is 3.78. The monoisotopic (exact) mass is 324 g/mol. The van der Waals surface area contributed by atoms with E-state index >= 15 is 0 Å². The number of nitrogens with two attached hydrogens (primary N) is 1. The Morgan fingerprint density at radius 2 is 2.00 bits per heavy atom. The first-order valence-electron chi connectivity index (χ1n) is 5.88. The number of sulfone groups is 1. The molecule has 21 heavy (non-hydrogen) atoms. The Bertz CT molecular complexity index is 773. The minimum Gasteiger partial charge on any atom is -0.307 e. The van der Waals surface area contributed by atoms with Gasteiger partial charge in [0.15, 0.2) is 15.7 Å². The second-order valence-corrected chi connectivity index (χ2v) is 6.63. The molecule has 1 heterocycles. The summed E-state index contributed by atoms with van der Waals surface area (Å²) in [5.74, 6) is 5.73. The molecule has 0 bridgehead atoms. The van der Waals surface area contributed by atoms with Gasteiger partial charge in [-0.3, -0.25) is 4.98 Å². The standard InChI is InChI=1S/C13H13ClN4O2S/c1-21(19,20)9-6-7-12(16-8-9)13(18-15)17-11-5-3-2-4-10(11)14/h2-8H,15H2,1H3,(H,17,18). The summed E-state index contributed by atoms with van der Waals surface area (Å²) in [5.41, 5.74) is 3.37. The van der Waals surface area contributed by atoms with Gasteiger partial charge >= 0.3 is 0 Å². The Morgan fingerprint density at radius 1 is 1.29 bits per heavy atom. The second-order valence-electron chi connectivity index (χ2n) is 4.21. The van der Waals surface area contributed by atoms with Crippen molar-refractivity contribution in [3.63, 3.8) is 0 Å². The van der Waals surface area contributed by atoms with Gasteiger partial charge in [0.2, 0.25) is 0 Å². The molecule has 0 saturated carbocycles. The molecule has 110 valence electrons. The molecule has 0 radical (unpaired) electrons. The van der Waals surface area contributed by atoms with Crippen molar-refractivity contribution >= 4 is 33.0 Å². The van der Waals surface area contributed by atoms with Crippen LogP contribution in [0.5, 0.6) is 0 Å². The first-order valence-corrected chi connectivity index (χ1v) is 8.15. The third-order valence-corrected chi connectivity index (χ3v) is 4.05. The summed E-state index contributed by atoms with van der Waals surface area (Å²) in [6, 6.07) is 9.97. The van der Waals surface area contributed by atoms with Crippen molar-refractivity contribution < 1.29 is 8.42 Å². The lowest BCUT2D eigenvalue weighted by atomic mass is 10.3. The smallest absolute Gasteiger partial charge is 0.177 e. The molecule has 3 N–H and O–H groups in total. The van der Waals surface area contributed by atoms with E-state index in [0.717, 1.165) is 6.26 Å². The van der Waals surface area contributed by atoms with E-state index in [1.807, 2.05) is 0 Å². The predicted molar refractivity (Wildman–Crippen MR) is 82.3 cm³/mol. The van der Waals surface area contributed by atoms with Crippen LogP contribution in [0.4, 0.5) is 5.69 Å². The number of nitrogens with one attached hydrogen (secondary N) is 1. The zero-order valence-electron chi connectivity index (χ0n) is 11.1. The van der Waals surface area contributed by atoms with Crippen molar-refractivity contribution in [3.05, 3.63) is 53.3 Å². The van der Waals surface area contributed by atoms with Crippen molar-refractivity contribution in [2.45, 2.75) is 4.90 Å². The lowest BCUT2D eigenvalue weighted by Gasteiger charge is -2.06. The molecule has 2 aromatic rings. The van der Waals surface area contributed by atoms with E-state index in [4.69, 9.17) is 17.4 Å². The fourth-order valence-electron chi connectivity index (χ4n) is 1.57. The minimum absolute atomic E-state index is 0.125. The van der Waals surface area contributed by atoms with Gasteiger partial charge in [-0.2, -0.15) is 0 Å². The van der Waals surface area contributed by atoms with Gasteiger partial charge in [-0.25, -0.2) is 19.3 Å². The summed E-state index contributed by atoms with van der Waals surface area (Å²) in [4.78, 5) is 8.45. The van der Waals surface area contributed by atoms with Gasteiger partial charge in [0, 0.05) is 12.5 Å². The summed E-state index contributed by atoms with van der Waals surface area (Å²) in [5, 5.41) is 0.470. The quantitative estimate of drug-likeness (QED) is 0.387. The average Bonchev–Trinajstić information content (AvgIpc) is 2.46. The maximum absolute atomic E-state index is 11.4. The molecule has 0 aliphatic heterocycles. The summed E-state index contributed by atoms with van der Waals surface area (Å²) >= 11 is 6.02. The topological polar surface area (TPSA) is 97.4 Å². The Hall–Kier alpha value is -1.96. The highest BCUT2D eigenvalue weighted by molar-refractivity contribution is 7.90. The molecule has 8 heteroatoms. The van der Waals surface area contributed by atoms with Gasteiger partial charge in [-0.15, -0.1) is 0 Å². The number of para-hydroxylation sites is 1. The average molecular weight is 325 g/mol. The summed E-state index contributed by atoms with van der Waals surface area (Å²) in [6.07, 6.45) is 2.37. The van der Waals surface area contributed by atoms with E-state index in [1.54, 1.807) is 24.3 Å². The van der Waals surface area contributed by atoms with Crippen LogP contribution < -0.4 is 11.3 Å². The fourth-order valence-corrected chi connectivity index (χ4v) is 2.30. The number of aromatic nitrogens is 1. The zero-order chi connectivity index (χ0) is 15.5. The van der Waals surface area contributed by atoms with E-state index in [1.165, 1.54) is 18.3 Å². The van der Waals surface area contributed by atoms with E-state index in [9.17, 15) is 8.42 Å². The van der Waals surface area contributed by atoms with Crippen LogP contribution in [0.1, 0.15) is 5.69 Å². The number of hydrazine groups is 1. The highest BCUT2D eigenvalue weighted by Crippen LogP contribution is 2.24. The number of nitrogens with zero attached hydrogens (tertiary/aromatic N) is 2. The minimum atomic E-state index is -3.29. The fraction of sp³-hybridized carbons (Fsp3) is 0.0769. The van der Waals surface area contributed by atoms with Crippen molar-refractivity contribution in [2.24, 2.45) is 10.8 Å². The van der Waals surface area contributed by atoms with Crippen LogP contribution >= 0.6 is 11.6 Å². The van der Waals surface area contributed by atoms with Crippen molar-refractivity contribution in [1.82, 2.24) is 10.4 Å². The maximum Gasteiger partial charge on any atom is 0.177 e. The Morgan fingerprint density at radius 3 is 2.52 bits per heavy atom. The van der Waals surface area contributed by atoms with Gasteiger partial charge in [-0.05, 0) is 24.3 Å². The summed E-state index contributed by atoms with van der Waals surface area (Å²) in [7, 11) is -3.29. The van der Waals surface area contributed by atoms with E-state index in [-0.39, 0.29) is 10.7 Å². The molecule has 0 aliphatic rings. The Labute approximate surface area is 127 Å². The molecule has 0 amide bonds. The SMILES string of the molecule is CS(=O)(=O)c1ccc(/C(=N/c2ccccc2Cl)NN)nc1. The zero-order valence-corrected chi connectivity index (χ0v) is 12.7. The van der Waals surface area contributed by atoms with Gasteiger partial charge in [0.05, 0.1) is 15.6 Å². The van der Waals surface area contributed by atoms with E-state index in [0.29, 0.717) is 16.4 Å². The molecule has 2 rings (SSSR count). The van der Waals surface area contributed by atoms with Crippen LogP contribution in [0.3, 0.4) is 0 Å². The molecular formula is C13H13ClN4O2S. The van der Waals surface area contributed by atoms with Crippen LogP contribution in [0.2, 0.25) is 5.02 Å². The molecule has 0 fully saturated rings. The molecule has 0 saturated heterocycles. The maximum atomic E-state index is 11.4. The summed E-state index contributed by atoms with van der Waals surface area (Å²) in [6.45, 7) is 0. The van der Waals surface area contributed by atoms with Crippen molar-refractivity contribution in [2.75, 3.05) is 6.26 Å². The molecule has 1 aromatic carbocycles. The molecular weight excluding hydrogens is 312 g/mol. The van der Waals surface area contributed by atoms with E-state index in [2.05, 4.69) is 15.4 Å². The first kappa shape index (κ1) is 15.4. The lowest BCUT2D eigenvalue weighted by molar-refractivity contribution is 0.601. The van der Waals surface area contributed by atoms with Gasteiger partial charge in [0.1, 0.15) is 5.69 Å². The number of hydrogen-bond donors (Lipinski definition) is 2. The number of benzene rings is 1. The lowest BCUT2D eigenvalue weighted by Crippen LogP contribution is -2.31. The highest BCUT2D eigenvalue weighted by atomic mass is 35.5. The number of pyridine rings is 1. The molecule has 0 atom stereocenters. The van der Waals surface area contributed by atoms with Crippen molar-refractivity contribution in [1.29, 1.82) is 0 Å². The third-order valence-electron chi connectivity index (χ3n) is 2.63. The largest absolute Gasteiger partial charge is 0.307 e. The first-order chi connectivity index (χ1) is 9.91. The summed E-state index contributed by atoms with van der Waals surface area (Å²) < 4.78 is 22.8. The van der Waals surface area contributed by atoms with Crippen LogP contribution in [-0.4, -0.2) is 25.5 Å². The van der Waals surface area contributed by atoms with Gasteiger partial charge in [-0.1, -0.05) is 23.7 Å². The van der Waals surface area contributed by atoms with Gasteiger partial charge < -0.3 is 5.43 Å². The van der Waals surface area contributed by atoms with Crippen LogP contribution in [0.15, 0.2) is 52.5 Å². The second kappa shape index (κ2) is 6.21. The Balaban J connectivity index is 2.41. The molecule has 0 unspecified atom stereocenters. The van der Waals surface area contributed by atoms with Crippen LogP contribution in [-0.2, 0) is 9.84 Å². The number of hydrogen-bond acceptors (Lipinski definition) is 5. The highest BCUT2D eigenvalue weighted by Gasteiger charge is 2.10. The van der Waals surface area contributed by atoms with Gasteiger partial charge in [0.25, 0.3) is 0 Å². The molecule has 6 nitrogen and oxygen atoms in total. The molecule has 0 aliphatic carbocycles. The van der Waals surface area contributed by atoms with E-state index < -0.39 is 9.84 Å². The Kier molecular flexibility index (Phi) is 4.56. The van der Waals surface area contributed by atoms with Crippen LogP contribution in [0.25, 0.3) is 0 Å². The number of rotatable bonds is 3. The molecule has 0 spiro atoms. The molecule has 1 aromatic heterocycles. The number of aliphatic imine (C=N–C) groups is 1. The number of amidine groups is 1. The predicted octanol–water partition coefficient (Wildman–Crippen LogP) is 1.68. The van der Waals surface area contributed by atoms with Crippen molar-refractivity contribution in [3.8, 4) is 0 Å². The van der Waals surface area contributed by atoms with Crippen LogP contribution in [0, 0.1) is 0 Å². The normalized spacial score (nSPS) is 12.2. The number of halogens is 1.